The summed E-state index contributed by atoms with van der Waals surface area (Å²) in [6, 6.07) is -9.34. The van der Waals surface area contributed by atoms with Gasteiger partial charge in [0, 0.05) is 99.4 Å². The molecule has 2 rings (SSSR count). The standard InChI is InChI=1S/C70H125N9O13/c1-27-50-37-58(82)60(61(83)46(14)28-29-79-30-31-92-70(18,19)39-79)78(26)69(91)59(45(12)13)77(25)68(90)55(35-43(8)9)76(24)67(89)54(34-42(6)7)75(23)63(85)48(16)71-62(84)47(15)36-56(80)52(32-40(2)3)74(22)66(88)51(44(10)11)38-57(81)53(33-41(4)5)73(21)64(86)49(17)72(20)65(50)87/h40-55,59-61,83H,27-39H2,1-26H3,(H,71,84)/t46-,47+,48+,49-,50+,51-,52?,53+,54-,55-,59-,60+,61-/m1/s1. The highest BCUT2D eigenvalue weighted by Crippen LogP contribution is 2.30. The fraction of sp³-hybridized carbons (Fsp3) is 0.843. The van der Waals surface area contributed by atoms with Crippen LogP contribution in [0.15, 0.2) is 0 Å². The van der Waals surface area contributed by atoms with Crippen molar-refractivity contribution in [3.8, 4) is 0 Å². The zero-order valence-corrected chi connectivity index (χ0v) is 61.6. The van der Waals surface area contributed by atoms with E-state index in [0.717, 1.165) is 0 Å². The van der Waals surface area contributed by atoms with E-state index in [2.05, 4.69) is 10.2 Å². The summed E-state index contributed by atoms with van der Waals surface area (Å²) in [4.78, 5) is 175. The Kier molecular flexibility index (Phi) is 32.8. The van der Waals surface area contributed by atoms with Crippen molar-refractivity contribution in [3.05, 3.63) is 0 Å². The molecule has 8 amide bonds. The molecule has 92 heavy (non-hydrogen) atoms. The minimum atomic E-state index is -1.51. The lowest BCUT2D eigenvalue weighted by Gasteiger charge is -2.42. The highest BCUT2D eigenvalue weighted by Gasteiger charge is 2.46. The van der Waals surface area contributed by atoms with Gasteiger partial charge in [0.1, 0.15) is 36.3 Å². The Hall–Kier alpha value is -5.35. The molecule has 2 N–H and O–H groups in total. The molecule has 2 fully saturated rings. The number of aliphatic hydroxyl groups is 1. The molecule has 13 atom stereocenters. The Balaban J connectivity index is 3.01. The van der Waals surface area contributed by atoms with Gasteiger partial charge in [0.25, 0.3) is 0 Å². The number of rotatable bonds is 16. The summed E-state index contributed by atoms with van der Waals surface area (Å²) < 4.78 is 5.95. The number of carbonyl (C=O) groups is 11. The Bertz CT molecular complexity index is 2520. The predicted molar refractivity (Wildman–Crippen MR) is 358 cm³/mol. The van der Waals surface area contributed by atoms with E-state index < -0.39 is 161 Å². The maximum atomic E-state index is 15.5. The Labute approximate surface area is 553 Å². The van der Waals surface area contributed by atoms with Crippen LogP contribution in [0, 0.1) is 59.2 Å². The quantitative estimate of drug-likeness (QED) is 0.168. The van der Waals surface area contributed by atoms with Gasteiger partial charge in [-0.1, -0.05) is 104 Å². The van der Waals surface area contributed by atoms with Gasteiger partial charge in [-0.3, -0.25) is 57.6 Å². The Morgan fingerprint density at radius 1 is 0.500 bits per heavy atom. The average molecular weight is 1300 g/mol. The monoisotopic (exact) mass is 1300 g/mol. The van der Waals surface area contributed by atoms with Crippen molar-refractivity contribution < 1.29 is 62.6 Å². The van der Waals surface area contributed by atoms with Crippen molar-refractivity contribution in [2.45, 2.75) is 249 Å². The van der Waals surface area contributed by atoms with Crippen LogP contribution in [0.2, 0.25) is 0 Å². The minimum absolute atomic E-state index is 0.0713. The lowest BCUT2D eigenvalue weighted by Crippen LogP contribution is -2.62. The van der Waals surface area contributed by atoms with E-state index in [9.17, 15) is 38.7 Å². The third kappa shape index (κ3) is 22.7. The topological polar surface area (TPSA) is 255 Å². The molecule has 22 nitrogen and oxygen atoms in total. The number of ether oxygens (including phenoxy) is 1. The van der Waals surface area contributed by atoms with Gasteiger partial charge in [-0.25, -0.2) is 0 Å². The second kappa shape index (κ2) is 36.5. The highest BCUT2D eigenvalue weighted by atomic mass is 16.5. The molecule has 0 bridgehead atoms. The van der Waals surface area contributed by atoms with Crippen molar-refractivity contribution in [1.82, 2.24) is 44.5 Å². The number of hydrogen-bond donors (Lipinski definition) is 2. The van der Waals surface area contributed by atoms with Gasteiger partial charge >= 0.3 is 0 Å². The normalized spacial score (nSPS) is 28.6. The van der Waals surface area contributed by atoms with Gasteiger partial charge in [-0.2, -0.15) is 0 Å². The van der Waals surface area contributed by atoms with Crippen LogP contribution in [0.1, 0.15) is 189 Å². The summed E-state index contributed by atoms with van der Waals surface area (Å²) in [6.45, 7) is 36.9. The smallest absolute Gasteiger partial charge is 0.246 e. The molecule has 0 aromatic heterocycles. The van der Waals surface area contributed by atoms with Gasteiger partial charge in [0.15, 0.2) is 17.3 Å². The van der Waals surface area contributed by atoms with Crippen LogP contribution in [0.25, 0.3) is 0 Å². The van der Waals surface area contributed by atoms with E-state index >= 15 is 19.2 Å². The maximum Gasteiger partial charge on any atom is 0.246 e. The van der Waals surface area contributed by atoms with E-state index in [1.165, 1.54) is 90.6 Å². The van der Waals surface area contributed by atoms with Crippen LogP contribution in [0.3, 0.4) is 0 Å². The largest absolute Gasteiger partial charge is 0.390 e. The number of carbonyl (C=O) groups excluding carboxylic acids is 11. The summed E-state index contributed by atoms with van der Waals surface area (Å²) in [6.07, 6.45) is -1.06. The first kappa shape index (κ1) is 82.7. The number of morpholine rings is 1. The SMILES string of the molecule is CC[C@H]1CC(=O)[C@@H]([C@H](O)[C@H](C)CCN2CCOC(C)(C)C2)N(C)C(=O)[C@@H](C(C)C)N(C)C(=O)[C@@H](CC(C)C)N(C)C(=O)[C@@H](CC(C)C)N(C)C(=O)[C@H](C)NC(=O)[C@@H](C)CC(=O)C(CC(C)C)N(C)C(=O)[C@@H](C(C)C)CC(=O)[C@H](CC(C)C)N(C)C(=O)[C@@H](C)N(C)C1=O. The van der Waals surface area contributed by atoms with E-state index in [1.54, 1.807) is 34.6 Å². The van der Waals surface area contributed by atoms with Gasteiger partial charge in [-0.15, -0.1) is 0 Å². The van der Waals surface area contributed by atoms with E-state index in [0.29, 0.717) is 32.7 Å². The van der Waals surface area contributed by atoms with Crippen molar-refractivity contribution in [3.63, 3.8) is 0 Å². The number of likely N-dealkylation sites (N-methyl/N-ethyl adjacent to an activating group) is 7. The predicted octanol–water partition coefficient (Wildman–Crippen LogP) is 6.46. The summed E-state index contributed by atoms with van der Waals surface area (Å²) in [7, 11) is 10.3. The molecule has 0 saturated carbocycles. The summed E-state index contributed by atoms with van der Waals surface area (Å²) in [5.74, 6) is -10.9. The number of amides is 8. The van der Waals surface area contributed by atoms with Crippen molar-refractivity contribution in [1.29, 1.82) is 0 Å². The number of hydrogen-bond acceptors (Lipinski definition) is 14. The zero-order chi connectivity index (χ0) is 71.0. The molecule has 0 spiro atoms. The summed E-state index contributed by atoms with van der Waals surface area (Å²) in [5.41, 5.74) is -0.401. The molecular weight excluding hydrogens is 1170 g/mol. The third-order valence-corrected chi connectivity index (χ3v) is 19.2. The molecular formula is C70H125N9O13. The number of aliphatic hydroxyl groups excluding tert-OH is 1. The fourth-order valence-electron chi connectivity index (χ4n) is 13.1. The van der Waals surface area contributed by atoms with Crippen LogP contribution < -0.4 is 5.32 Å². The average Bonchev–Trinajstić information content (AvgIpc) is 0.821. The van der Waals surface area contributed by atoms with E-state index in [1.807, 2.05) is 90.0 Å². The first-order valence-electron chi connectivity index (χ1n) is 34.2. The summed E-state index contributed by atoms with van der Waals surface area (Å²) >= 11 is 0. The molecule has 2 aliphatic rings. The molecule has 528 valence electrons. The first-order chi connectivity index (χ1) is 42.4. The van der Waals surface area contributed by atoms with Gasteiger partial charge in [0.2, 0.25) is 47.3 Å². The van der Waals surface area contributed by atoms with Crippen LogP contribution >= 0.6 is 0 Å². The lowest BCUT2D eigenvalue weighted by atomic mass is 9.84. The van der Waals surface area contributed by atoms with Crippen LogP contribution in [-0.4, -0.2) is 245 Å². The molecule has 0 aliphatic carbocycles. The van der Waals surface area contributed by atoms with Crippen LogP contribution in [0.4, 0.5) is 0 Å². The molecule has 0 aromatic carbocycles. The van der Waals surface area contributed by atoms with Gasteiger partial charge in [-0.05, 0) is 114 Å². The van der Waals surface area contributed by atoms with E-state index in [-0.39, 0.29) is 74.4 Å². The number of ketones is 3. The molecule has 2 aliphatic heterocycles. The van der Waals surface area contributed by atoms with Crippen molar-refractivity contribution in [2.75, 3.05) is 75.6 Å². The minimum Gasteiger partial charge on any atom is -0.390 e. The number of Topliss-reactive ketones (excluding diaryl/α,β-unsaturated/α-hetero) is 3. The first-order valence-corrected chi connectivity index (χ1v) is 34.2. The van der Waals surface area contributed by atoms with Crippen LogP contribution in [-0.2, 0) is 57.5 Å². The second-order valence-corrected chi connectivity index (χ2v) is 30.3. The highest BCUT2D eigenvalue weighted by molar-refractivity contribution is 6.00. The zero-order valence-electron chi connectivity index (χ0n) is 61.6. The third-order valence-electron chi connectivity index (χ3n) is 19.2. The Morgan fingerprint density at radius 2 is 0.935 bits per heavy atom. The van der Waals surface area contributed by atoms with Crippen LogP contribution in [0.5, 0.6) is 0 Å². The van der Waals surface area contributed by atoms with Gasteiger partial charge in [0.05, 0.1) is 30.4 Å². The molecule has 1 unspecified atom stereocenters. The summed E-state index contributed by atoms with van der Waals surface area (Å²) in [5, 5.41) is 15.3. The maximum absolute atomic E-state index is 15.5. The molecule has 2 saturated heterocycles. The molecule has 22 heteroatoms. The second-order valence-electron chi connectivity index (χ2n) is 30.3. The molecule has 0 aromatic rings. The number of nitrogens with zero attached hydrogens (tertiary/aromatic N) is 8. The molecule has 2 heterocycles. The lowest BCUT2D eigenvalue weighted by molar-refractivity contribution is -0.157. The number of nitrogens with one attached hydrogen (secondary N) is 1. The van der Waals surface area contributed by atoms with Crippen molar-refractivity contribution in [2.24, 2.45) is 59.2 Å². The fourth-order valence-corrected chi connectivity index (χ4v) is 13.1. The Morgan fingerprint density at radius 3 is 1.39 bits per heavy atom. The van der Waals surface area contributed by atoms with Gasteiger partial charge < -0.3 is 49.5 Å². The molecule has 0 radical (unpaired) electrons. The van der Waals surface area contributed by atoms with E-state index in [4.69, 9.17) is 4.74 Å². The van der Waals surface area contributed by atoms with Crippen molar-refractivity contribution >= 4 is 64.6 Å².